The number of thiazole rings is 1. The summed E-state index contributed by atoms with van der Waals surface area (Å²) in [5.74, 6) is 0.0379. The molecule has 0 aromatic carbocycles. The first-order valence-electron chi connectivity index (χ1n) is 7.31. The van der Waals surface area contributed by atoms with E-state index in [4.69, 9.17) is 0 Å². The van der Waals surface area contributed by atoms with Crippen LogP contribution in [0.4, 0.5) is 0 Å². The van der Waals surface area contributed by atoms with Crippen LogP contribution in [0.15, 0.2) is 6.20 Å². The van der Waals surface area contributed by atoms with E-state index in [9.17, 15) is 4.79 Å². The van der Waals surface area contributed by atoms with Crippen LogP contribution in [-0.2, 0) is 11.2 Å². The van der Waals surface area contributed by atoms with Gasteiger partial charge in [0.1, 0.15) is 5.01 Å². The van der Waals surface area contributed by atoms with Gasteiger partial charge in [-0.25, -0.2) is 4.98 Å². The molecular formula is C15H27N3OS. The molecule has 2 atom stereocenters. The summed E-state index contributed by atoms with van der Waals surface area (Å²) in [4.78, 5) is 17.8. The highest BCUT2D eigenvalue weighted by molar-refractivity contribution is 7.11. The number of hydrogen-bond acceptors (Lipinski definition) is 4. The minimum Gasteiger partial charge on any atom is -0.350 e. The first-order valence-corrected chi connectivity index (χ1v) is 8.13. The molecule has 20 heavy (non-hydrogen) atoms. The van der Waals surface area contributed by atoms with Crippen LogP contribution >= 0.6 is 11.3 Å². The number of rotatable bonds is 7. The fraction of sp³-hybridized carbons (Fsp3) is 0.733. The molecule has 0 bridgehead atoms. The lowest BCUT2D eigenvalue weighted by atomic mass is 10.0. The highest BCUT2D eigenvalue weighted by Crippen LogP contribution is 2.20. The Bertz CT molecular complexity index is 442. The van der Waals surface area contributed by atoms with Crippen LogP contribution in [0.2, 0.25) is 0 Å². The van der Waals surface area contributed by atoms with Crippen molar-refractivity contribution in [3.05, 3.63) is 16.1 Å². The number of nitrogens with zero attached hydrogens (tertiary/aromatic N) is 1. The van der Waals surface area contributed by atoms with E-state index in [1.54, 1.807) is 11.3 Å². The van der Waals surface area contributed by atoms with Gasteiger partial charge < -0.3 is 5.32 Å². The van der Waals surface area contributed by atoms with E-state index in [0.29, 0.717) is 0 Å². The molecule has 2 N–H and O–H groups in total. The van der Waals surface area contributed by atoms with Gasteiger partial charge in [0.05, 0.1) is 12.1 Å². The maximum atomic E-state index is 12.2. The Balaban J connectivity index is 2.56. The summed E-state index contributed by atoms with van der Waals surface area (Å²) in [6, 6.07) is -0.143. The van der Waals surface area contributed by atoms with Crippen LogP contribution in [-0.4, -0.2) is 22.5 Å². The third-order valence-electron chi connectivity index (χ3n) is 3.53. The fourth-order valence-electron chi connectivity index (χ4n) is 1.74. The molecule has 1 rings (SSSR count). The van der Waals surface area contributed by atoms with E-state index in [1.807, 2.05) is 33.9 Å². The summed E-state index contributed by atoms with van der Waals surface area (Å²) in [6.45, 7) is 12.2. The molecule has 1 amide bonds. The molecule has 0 saturated carbocycles. The molecule has 1 heterocycles. The highest BCUT2D eigenvalue weighted by atomic mass is 32.1. The van der Waals surface area contributed by atoms with Crippen LogP contribution in [0.1, 0.15) is 63.9 Å². The fourth-order valence-corrected chi connectivity index (χ4v) is 2.61. The highest BCUT2D eigenvalue weighted by Gasteiger charge is 2.23. The Labute approximate surface area is 126 Å². The number of aryl methyl sites for hydroxylation is 1. The van der Waals surface area contributed by atoms with Crippen molar-refractivity contribution in [1.29, 1.82) is 0 Å². The van der Waals surface area contributed by atoms with Gasteiger partial charge in [0.2, 0.25) is 5.91 Å². The number of aromatic nitrogens is 1. The molecule has 0 aliphatic heterocycles. The molecule has 0 aliphatic rings. The second kappa shape index (κ2) is 7.18. The largest absolute Gasteiger partial charge is 0.350 e. The SMILES string of the molecule is CCc1cnc(C(C)NC(C)C(=O)NC(C)(C)CC)s1. The van der Waals surface area contributed by atoms with E-state index in [-0.39, 0.29) is 23.5 Å². The average molecular weight is 297 g/mol. The molecule has 114 valence electrons. The van der Waals surface area contributed by atoms with Gasteiger partial charge in [-0.3, -0.25) is 10.1 Å². The van der Waals surface area contributed by atoms with Crippen molar-refractivity contribution >= 4 is 17.2 Å². The van der Waals surface area contributed by atoms with Crippen molar-refractivity contribution in [3.63, 3.8) is 0 Å². The second-order valence-electron chi connectivity index (χ2n) is 5.86. The summed E-state index contributed by atoms with van der Waals surface area (Å²) in [5.41, 5.74) is -0.160. The molecule has 5 heteroatoms. The smallest absolute Gasteiger partial charge is 0.237 e. The van der Waals surface area contributed by atoms with E-state index in [0.717, 1.165) is 17.8 Å². The quantitative estimate of drug-likeness (QED) is 0.813. The molecule has 1 aromatic heterocycles. The van der Waals surface area contributed by atoms with E-state index in [2.05, 4.69) is 29.5 Å². The van der Waals surface area contributed by atoms with Gasteiger partial charge in [-0.15, -0.1) is 11.3 Å². The van der Waals surface area contributed by atoms with Crippen LogP contribution in [0.5, 0.6) is 0 Å². The molecule has 0 radical (unpaired) electrons. The lowest BCUT2D eigenvalue weighted by Crippen LogP contribution is -2.51. The zero-order valence-electron chi connectivity index (χ0n) is 13.4. The van der Waals surface area contributed by atoms with Crippen molar-refractivity contribution < 1.29 is 4.79 Å². The van der Waals surface area contributed by atoms with Crippen molar-refractivity contribution in [2.45, 2.75) is 72.0 Å². The first-order chi connectivity index (χ1) is 9.29. The van der Waals surface area contributed by atoms with Crippen molar-refractivity contribution in [1.82, 2.24) is 15.6 Å². The molecule has 4 nitrogen and oxygen atoms in total. The predicted octanol–water partition coefficient (Wildman–Crippen LogP) is 3.05. The number of carbonyl (C=O) groups excluding carboxylic acids is 1. The Hall–Kier alpha value is -0.940. The summed E-state index contributed by atoms with van der Waals surface area (Å²) < 4.78 is 0. The standard InChI is InChI=1S/C15H27N3OS/c1-7-12-9-16-14(20-12)11(4)17-10(3)13(19)18-15(5,6)8-2/h9-11,17H,7-8H2,1-6H3,(H,18,19). The summed E-state index contributed by atoms with van der Waals surface area (Å²) in [6.07, 6.45) is 3.83. The van der Waals surface area contributed by atoms with E-state index in [1.165, 1.54) is 4.88 Å². The topological polar surface area (TPSA) is 54.0 Å². The van der Waals surface area contributed by atoms with Crippen molar-refractivity contribution in [2.75, 3.05) is 0 Å². The molecule has 0 aliphatic carbocycles. The zero-order chi connectivity index (χ0) is 15.3. The van der Waals surface area contributed by atoms with Gasteiger partial charge in [0.15, 0.2) is 0 Å². The third-order valence-corrected chi connectivity index (χ3v) is 4.85. The number of amides is 1. The Morgan fingerprint density at radius 1 is 1.40 bits per heavy atom. The second-order valence-corrected chi connectivity index (χ2v) is 7.00. The molecule has 0 saturated heterocycles. The van der Waals surface area contributed by atoms with Gasteiger partial charge in [0.25, 0.3) is 0 Å². The zero-order valence-corrected chi connectivity index (χ0v) is 14.2. The lowest BCUT2D eigenvalue weighted by Gasteiger charge is -2.27. The van der Waals surface area contributed by atoms with E-state index >= 15 is 0 Å². The summed E-state index contributed by atoms with van der Waals surface area (Å²) >= 11 is 1.71. The molecule has 0 fully saturated rings. The molecule has 1 aromatic rings. The van der Waals surface area contributed by atoms with Crippen LogP contribution in [0, 0.1) is 0 Å². The molecule has 2 unspecified atom stereocenters. The predicted molar refractivity (Wildman–Crippen MR) is 85.0 cm³/mol. The number of hydrogen-bond donors (Lipinski definition) is 2. The van der Waals surface area contributed by atoms with Crippen LogP contribution in [0.25, 0.3) is 0 Å². The first kappa shape index (κ1) is 17.1. The number of carbonyl (C=O) groups is 1. The Morgan fingerprint density at radius 2 is 2.05 bits per heavy atom. The van der Waals surface area contributed by atoms with Crippen LogP contribution in [0.3, 0.4) is 0 Å². The average Bonchev–Trinajstić information content (AvgIpc) is 2.87. The lowest BCUT2D eigenvalue weighted by molar-refractivity contribution is -0.124. The van der Waals surface area contributed by atoms with Crippen molar-refractivity contribution in [2.24, 2.45) is 0 Å². The van der Waals surface area contributed by atoms with Gasteiger partial charge in [0, 0.05) is 16.6 Å². The normalized spacial score (nSPS) is 14.9. The molecule has 0 spiro atoms. The minimum atomic E-state index is -0.232. The Kier molecular flexibility index (Phi) is 6.14. The summed E-state index contributed by atoms with van der Waals surface area (Å²) in [7, 11) is 0. The summed E-state index contributed by atoms with van der Waals surface area (Å²) in [5, 5.41) is 7.41. The van der Waals surface area contributed by atoms with E-state index < -0.39 is 0 Å². The minimum absolute atomic E-state index is 0.0379. The third kappa shape index (κ3) is 4.87. The maximum absolute atomic E-state index is 12.2. The van der Waals surface area contributed by atoms with Crippen LogP contribution < -0.4 is 10.6 Å². The molecular weight excluding hydrogens is 270 g/mol. The maximum Gasteiger partial charge on any atom is 0.237 e. The Morgan fingerprint density at radius 3 is 2.55 bits per heavy atom. The van der Waals surface area contributed by atoms with Gasteiger partial charge in [-0.05, 0) is 40.5 Å². The van der Waals surface area contributed by atoms with Gasteiger partial charge in [-0.1, -0.05) is 13.8 Å². The monoisotopic (exact) mass is 297 g/mol. The van der Waals surface area contributed by atoms with Gasteiger partial charge in [-0.2, -0.15) is 0 Å². The van der Waals surface area contributed by atoms with Crippen molar-refractivity contribution in [3.8, 4) is 0 Å². The number of nitrogens with one attached hydrogen (secondary N) is 2. The van der Waals surface area contributed by atoms with Gasteiger partial charge >= 0.3 is 0 Å².